The van der Waals surface area contributed by atoms with Gasteiger partial charge in [-0.1, -0.05) is 67.6 Å². The molecule has 1 aliphatic rings. The molecule has 0 aromatic heterocycles. The zero-order valence-corrected chi connectivity index (χ0v) is 16.7. The topological polar surface area (TPSA) is 41.5 Å². The lowest BCUT2D eigenvalue weighted by molar-refractivity contribution is 0.0893. The first-order valence-corrected chi connectivity index (χ1v) is 9.95. The predicted molar refractivity (Wildman–Crippen MR) is 117 cm³/mol. The molecule has 0 heterocycles. The molecule has 146 valence electrons. The monoisotopic (exact) mass is 375 g/mol. The second-order valence-electron chi connectivity index (χ2n) is 6.89. The fraction of sp³-hybridized carbons (Fsp3) is 0.280. The van der Waals surface area contributed by atoms with Gasteiger partial charge in [-0.15, -0.1) is 0 Å². The highest BCUT2D eigenvalue weighted by Crippen LogP contribution is 2.37. The van der Waals surface area contributed by atoms with Gasteiger partial charge in [-0.2, -0.15) is 0 Å². The van der Waals surface area contributed by atoms with Crippen molar-refractivity contribution in [1.29, 1.82) is 0 Å². The lowest BCUT2D eigenvalue weighted by Gasteiger charge is -2.22. The fourth-order valence-corrected chi connectivity index (χ4v) is 3.53. The average Bonchev–Trinajstić information content (AvgIpc) is 2.74. The Morgan fingerprint density at radius 1 is 1.07 bits per heavy atom. The van der Waals surface area contributed by atoms with E-state index in [2.05, 4.69) is 54.7 Å². The predicted octanol–water partition coefficient (Wildman–Crippen LogP) is 5.20. The molecular formula is C25H29NO2. The molecule has 0 amide bonds. The van der Waals surface area contributed by atoms with Gasteiger partial charge in [-0.3, -0.25) is 0 Å². The SMILES string of the molecule is CC/C(=C(/C1=CCC(OCCNC)C=C1)c1ccc(O)cc1)c1ccccc1. The molecule has 0 spiro atoms. The Balaban J connectivity index is 1.97. The third-order valence-electron chi connectivity index (χ3n) is 4.97. The summed E-state index contributed by atoms with van der Waals surface area (Å²) >= 11 is 0. The number of phenolic OH excluding ortho intramolecular Hbond substituents is 1. The van der Waals surface area contributed by atoms with E-state index in [9.17, 15) is 5.11 Å². The van der Waals surface area contributed by atoms with Crippen molar-refractivity contribution in [3.8, 4) is 5.75 Å². The summed E-state index contributed by atoms with van der Waals surface area (Å²) in [7, 11) is 1.93. The molecule has 3 nitrogen and oxygen atoms in total. The molecule has 2 aromatic carbocycles. The Bertz CT molecular complexity index is 848. The summed E-state index contributed by atoms with van der Waals surface area (Å²) in [5.74, 6) is 0.284. The largest absolute Gasteiger partial charge is 0.508 e. The Hall–Kier alpha value is -2.62. The fourth-order valence-electron chi connectivity index (χ4n) is 3.53. The number of allylic oxidation sites excluding steroid dienone is 4. The van der Waals surface area contributed by atoms with Gasteiger partial charge >= 0.3 is 0 Å². The quantitative estimate of drug-likeness (QED) is 0.492. The molecule has 2 N–H and O–H groups in total. The van der Waals surface area contributed by atoms with Crippen LogP contribution in [0.2, 0.25) is 0 Å². The number of ether oxygens (including phenoxy) is 1. The summed E-state index contributed by atoms with van der Waals surface area (Å²) in [5.41, 5.74) is 6.08. The second kappa shape index (κ2) is 10.1. The summed E-state index contributed by atoms with van der Waals surface area (Å²) < 4.78 is 5.90. The van der Waals surface area contributed by atoms with Crippen LogP contribution in [0.15, 0.2) is 78.4 Å². The third kappa shape index (κ3) is 5.00. The van der Waals surface area contributed by atoms with E-state index in [1.54, 1.807) is 12.1 Å². The van der Waals surface area contributed by atoms with Crippen LogP contribution in [-0.4, -0.2) is 31.4 Å². The number of aromatic hydroxyl groups is 1. The summed E-state index contributed by atoms with van der Waals surface area (Å²) in [6.07, 6.45) is 8.51. The van der Waals surface area contributed by atoms with Gasteiger partial charge in [0.25, 0.3) is 0 Å². The van der Waals surface area contributed by atoms with Gasteiger partial charge in [0, 0.05) is 6.54 Å². The number of hydrogen-bond acceptors (Lipinski definition) is 3. The Kier molecular flexibility index (Phi) is 7.24. The highest BCUT2D eigenvalue weighted by atomic mass is 16.5. The van der Waals surface area contributed by atoms with Crippen molar-refractivity contribution >= 4 is 11.1 Å². The van der Waals surface area contributed by atoms with Crippen LogP contribution in [0.1, 0.15) is 30.9 Å². The van der Waals surface area contributed by atoms with Crippen LogP contribution in [0.25, 0.3) is 11.1 Å². The minimum absolute atomic E-state index is 0.125. The number of benzene rings is 2. The maximum atomic E-state index is 9.73. The van der Waals surface area contributed by atoms with Gasteiger partial charge in [0.2, 0.25) is 0 Å². The molecule has 1 unspecified atom stereocenters. The van der Waals surface area contributed by atoms with Gasteiger partial charge in [-0.25, -0.2) is 0 Å². The molecule has 0 fully saturated rings. The van der Waals surface area contributed by atoms with E-state index in [0.29, 0.717) is 6.61 Å². The molecule has 0 bridgehead atoms. The van der Waals surface area contributed by atoms with Crippen LogP contribution < -0.4 is 5.32 Å². The van der Waals surface area contributed by atoms with Crippen LogP contribution in [-0.2, 0) is 4.74 Å². The first-order valence-electron chi connectivity index (χ1n) is 9.95. The van der Waals surface area contributed by atoms with Crippen LogP contribution in [0.3, 0.4) is 0 Å². The van der Waals surface area contributed by atoms with Crippen molar-refractivity contribution in [2.45, 2.75) is 25.9 Å². The standard InChI is InChI=1S/C25H29NO2/c1-3-24(19-7-5-4-6-8-19)25(20-9-13-22(27)14-10-20)21-11-15-23(16-12-21)28-18-17-26-2/h4-15,23,26-27H,3,16-18H2,1-2H3/b25-24-. The van der Waals surface area contributed by atoms with Gasteiger partial charge < -0.3 is 15.2 Å². The second-order valence-corrected chi connectivity index (χ2v) is 6.89. The molecule has 0 saturated carbocycles. The number of hydrogen-bond donors (Lipinski definition) is 2. The van der Waals surface area contributed by atoms with Crippen molar-refractivity contribution in [1.82, 2.24) is 5.32 Å². The zero-order valence-electron chi connectivity index (χ0n) is 16.7. The van der Waals surface area contributed by atoms with Gasteiger partial charge in [-0.05, 0) is 59.9 Å². The van der Waals surface area contributed by atoms with Crippen molar-refractivity contribution in [3.05, 3.63) is 89.5 Å². The van der Waals surface area contributed by atoms with Crippen molar-refractivity contribution in [2.75, 3.05) is 20.2 Å². The Morgan fingerprint density at radius 3 is 2.43 bits per heavy atom. The van der Waals surface area contributed by atoms with Gasteiger partial charge in [0.15, 0.2) is 0 Å². The van der Waals surface area contributed by atoms with Crippen LogP contribution in [0, 0.1) is 0 Å². The van der Waals surface area contributed by atoms with E-state index >= 15 is 0 Å². The van der Waals surface area contributed by atoms with E-state index < -0.39 is 0 Å². The van der Waals surface area contributed by atoms with Gasteiger partial charge in [0.05, 0.1) is 12.7 Å². The minimum Gasteiger partial charge on any atom is -0.508 e. The molecule has 0 saturated heterocycles. The Labute approximate surface area is 168 Å². The van der Waals surface area contributed by atoms with E-state index in [1.165, 1.54) is 22.3 Å². The van der Waals surface area contributed by atoms with Crippen LogP contribution >= 0.6 is 0 Å². The number of likely N-dealkylation sites (N-methyl/N-ethyl adjacent to an activating group) is 1. The molecule has 3 heteroatoms. The molecular weight excluding hydrogens is 346 g/mol. The highest BCUT2D eigenvalue weighted by Gasteiger charge is 2.17. The first kappa shape index (κ1) is 20.1. The summed E-state index contributed by atoms with van der Waals surface area (Å²) in [6, 6.07) is 18.0. The molecule has 2 aromatic rings. The van der Waals surface area contributed by atoms with E-state index in [0.717, 1.165) is 24.9 Å². The van der Waals surface area contributed by atoms with Crippen LogP contribution in [0.5, 0.6) is 5.75 Å². The average molecular weight is 376 g/mol. The lowest BCUT2D eigenvalue weighted by atomic mass is 9.85. The van der Waals surface area contributed by atoms with E-state index in [4.69, 9.17) is 4.74 Å². The van der Waals surface area contributed by atoms with Crippen molar-refractivity contribution < 1.29 is 9.84 Å². The molecule has 3 rings (SSSR count). The molecule has 1 atom stereocenters. The minimum atomic E-state index is 0.125. The van der Waals surface area contributed by atoms with Crippen LogP contribution in [0.4, 0.5) is 0 Å². The van der Waals surface area contributed by atoms with Gasteiger partial charge in [0.1, 0.15) is 5.75 Å². The molecule has 1 aliphatic carbocycles. The smallest absolute Gasteiger partial charge is 0.115 e. The molecule has 0 aliphatic heterocycles. The third-order valence-corrected chi connectivity index (χ3v) is 4.97. The Morgan fingerprint density at radius 2 is 1.82 bits per heavy atom. The normalized spacial score (nSPS) is 17.2. The number of rotatable bonds is 8. The highest BCUT2D eigenvalue weighted by molar-refractivity contribution is 5.99. The summed E-state index contributed by atoms with van der Waals surface area (Å²) in [6.45, 7) is 3.76. The molecule has 28 heavy (non-hydrogen) atoms. The summed E-state index contributed by atoms with van der Waals surface area (Å²) in [5, 5.41) is 12.8. The number of nitrogens with one attached hydrogen (secondary N) is 1. The number of phenols is 1. The van der Waals surface area contributed by atoms with Crippen molar-refractivity contribution in [3.63, 3.8) is 0 Å². The maximum absolute atomic E-state index is 9.73. The first-order chi connectivity index (χ1) is 13.7. The van der Waals surface area contributed by atoms with E-state index in [-0.39, 0.29) is 11.9 Å². The lowest BCUT2D eigenvalue weighted by Crippen LogP contribution is -2.20. The van der Waals surface area contributed by atoms with E-state index in [1.807, 2.05) is 25.2 Å². The zero-order chi connectivity index (χ0) is 19.8. The maximum Gasteiger partial charge on any atom is 0.115 e. The van der Waals surface area contributed by atoms with Crippen molar-refractivity contribution in [2.24, 2.45) is 0 Å². The molecule has 0 radical (unpaired) electrons. The summed E-state index contributed by atoms with van der Waals surface area (Å²) in [4.78, 5) is 0.